The van der Waals surface area contributed by atoms with Crippen molar-refractivity contribution >= 4 is 5.97 Å². The summed E-state index contributed by atoms with van der Waals surface area (Å²) in [6, 6.07) is 0. The minimum Gasteiger partial charge on any atom is -0.481 e. The molecule has 0 aromatic heterocycles. The molecule has 0 amide bonds. The van der Waals surface area contributed by atoms with Crippen LogP contribution in [0.2, 0.25) is 0 Å². The Kier molecular flexibility index (Phi) is 6.11. The normalized spacial score (nSPS) is 9.70. The molecule has 0 spiro atoms. The van der Waals surface area contributed by atoms with E-state index in [2.05, 4.69) is 5.32 Å². The fraction of sp³-hybridized carbons (Fsp3) is 0.833. The van der Waals surface area contributed by atoms with Gasteiger partial charge >= 0.3 is 5.97 Å². The van der Waals surface area contributed by atoms with E-state index < -0.39 is 5.97 Å². The highest BCUT2D eigenvalue weighted by Crippen LogP contribution is 1.85. The fourth-order valence-electron chi connectivity index (χ4n) is 0.533. The summed E-state index contributed by atoms with van der Waals surface area (Å²) in [4.78, 5) is 9.95. The maximum Gasteiger partial charge on any atom is 0.303 e. The Bertz CT molecular complexity index is 95.7. The van der Waals surface area contributed by atoms with Gasteiger partial charge in [0.2, 0.25) is 0 Å². The van der Waals surface area contributed by atoms with Crippen LogP contribution in [0.5, 0.6) is 0 Å². The number of hydrogen-bond donors (Lipinski definition) is 1. The molecule has 0 aromatic rings. The lowest BCUT2D eigenvalue weighted by Gasteiger charge is -1.96. The summed E-state index contributed by atoms with van der Waals surface area (Å²) in [6.45, 7) is 1.40. The van der Waals surface area contributed by atoms with E-state index >= 15 is 0 Å². The van der Waals surface area contributed by atoms with Crippen molar-refractivity contribution in [2.75, 3.05) is 19.6 Å². The molecule has 0 bridgehead atoms. The van der Waals surface area contributed by atoms with E-state index in [1.807, 2.05) is 0 Å². The summed E-state index contributed by atoms with van der Waals surface area (Å²) in [5, 5.41) is 12.1. The Morgan fingerprint density at radius 1 is 1.50 bits per heavy atom. The molecule has 0 atom stereocenters. The lowest BCUT2D eigenvalue weighted by Crippen LogP contribution is -2.13. The second kappa shape index (κ2) is 6.51. The van der Waals surface area contributed by atoms with Gasteiger partial charge in [0.1, 0.15) is 0 Å². The van der Waals surface area contributed by atoms with Crippen LogP contribution >= 0.6 is 0 Å². The van der Waals surface area contributed by atoms with Gasteiger partial charge in [0.25, 0.3) is 0 Å². The summed E-state index contributed by atoms with van der Waals surface area (Å²) >= 11 is 0. The minimum atomic E-state index is -0.777. The van der Waals surface area contributed by atoms with Crippen molar-refractivity contribution in [3.8, 4) is 0 Å². The third kappa shape index (κ3) is 7.39. The van der Waals surface area contributed by atoms with Crippen LogP contribution in [0.3, 0.4) is 0 Å². The van der Waals surface area contributed by atoms with E-state index in [1.54, 1.807) is 0 Å². The van der Waals surface area contributed by atoms with E-state index in [9.17, 15) is 4.79 Å². The number of carboxylic acid groups (broad SMARTS) is 1. The standard InChI is InChI=1S/C6H12N2O2/c7-3-5-8-4-1-2-6(9)10/h7H,1-5H2,(H,9,10). The molecule has 0 aliphatic carbocycles. The van der Waals surface area contributed by atoms with Gasteiger partial charge in [-0.15, -0.1) is 0 Å². The SMILES string of the molecule is [NH]CC[N]CCCC(=O)O. The van der Waals surface area contributed by atoms with Gasteiger partial charge in [-0.1, -0.05) is 0 Å². The van der Waals surface area contributed by atoms with Gasteiger partial charge in [0.05, 0.1) is 0 Å². The van der Waals surface area contributed by atoms with Gasteiger partial charge in [-0.3, -0.25) is 10.5 Å². The predicted octanol–water partition coefficient (Wildman–Crippen LogP) is -0.262. The summed E-state index contributed by atoms with van der Waals surface area (Å²) in [5.74, 6) is -0.777. The van der Waals surface area contributed by atoms with Crippen LogP contribution < -0.4 is 11.1 Å². The van der Waals surface area contributed by atoms with Gasteiger partial charge in [-0.05, 0) is 6.42 Å². The van der Waals surface area contributed by atoms with Crippen LogP contribution in [-0.4, -0.2) is 30.7 Å². The zero-order valence-corrected chi connectivity index (χ0v) is 5.84. The predicted molar refractivity (Wildman–Crippen MR) is 36.7 cm³/mol. The number of hydrogen-bond acceptors (Lipinski definition) is 1. The topological polar surface area (TPSA) is 75.2 Å². The van der Waals surface area contributed by atoms with Crippen molar-refractivity contribution in [3.05, 3.63) is 0 Å². The molecule has 0 saturated heterocycles. The Hall–Kier alpha value is -0.610. The third-order valence-corrected chi connectivity index (χ3v) is 0.977. The molecular weight excluding hydrogens is 132 g/mol. The Morgan fingerprint density at radius 2 is 2.20 bits per heavy atom. The molecule has 0 unspecified atom stereocenters. The lowest BCUT2D eigenvalue weighted by molar-refractivity contribution is -0.137. The van der Waals surface area contributed by atoms with Crippen LogP contribution in [0.4, 0.5) is 0 Å². The van der Waals surface area contributed by atoms with Crippen molar-refractivity contribution in [1.82, 2.24) is 11.1 Å². The van der Waals surface area contributed by atoms with Gasteiger partial charge in [0.15, 0.2) is 0 Å². The monoisotopic (exact) mass is 144 g/mol. The van der Waals surface area contributed by atoms with Crippen molar-refractivity contribution in [3.63, 3.8) is 0 Å². The maximum atomic E-state index is 9.95. The van der Waals surface area contributed by atoms with Gasteiger partial charge in [0, 0.05) is 26.1 Å². The number of aliphatic carboxylic acids is 1. The second-order valence-corrected chi connectivity index (χ2v) is 1.92. The molecule has 58 valence electrons. The number of rotatable bonds is 6. The maximum absolute atomic E-state index is 9.95. The number of carbonyl (C=O) groups is 1. The molecule has 4 nitrogen and oxygen atoms in total. The number of nitrogens with zero attached hydrogens (tertiary/aromatic N) is 1. The van der Waals surface area contributed by atoms with E-state index in [0.717, 1.165) is 0 Å². The molecule has 2 N–H and O–H groups in total. The molecule has 0 heterocycles. The van der Waals surface area contributed by atoms with Crippen molar-refractivity contribution < 1.29 is 9.90 Å². The summed E-state index contributed by atoms with van der Waals surface area (Å²) < 4.78 is 0. The second-order valence-electron chi connectivity index (χ2n) is 1.92. The van der Waals surface area contributed by atoms with Crippen molar-refractivity contribution in [1.29, 1.82) is 0 Å². The van der Waals surface area contributed by atoms with Crippen molar-refractivity contribution in [2.45, 2.75) is 12.8 Å². The lowest BCUT2D eigenvalue weighted by atomic mass is 10.3. The Labute approximate surface area is 60.4 Å². The molecule has 0 aliphatic heterocycles. The highest BCUT2D eigenvalue weighted by Gasteiger charge is 1.94. The van der Waals surface area contributed by atoms with Crippen LogP contribution in [0, 0.1) is 0 Å². The molecule has 4 heteroatoms. The molecular formula is C6H12N2O2. The first kappa shape index (κ1) is 9.39. The van der Waals surface area contributed by atoms with Crippen LogP contribution in [0.15, 0.2) is 0 Å². The summed E-state index contributed by atoms with van der Waals surface area (Å²) in [5.41, 5.74) is 6.71. The summed E-state index contributed by atoms with van der Waals surface area (Å²) in [7, 11) is 0. The smallest absolute Gasteiger partial charge is 0.303 e. The first-order chi connectivity index (χ1) is 4.77. The first-order valence-electron chi connectivity index (χ1n) is 3.27. The molecule has 10 heavy (non-hydrogen) atoms. The molecule has 0 rings (SSSR count). The van der Waals surface area contributed by atoms with Crippen LogP contribution in [0.1, 0.15) is 12.8 Å². The highest BCUT2D eigenvalue weighted by molar-refractivity contribution is 5.66. The zero-order chi connectivity index (χ0) is 7.82. The molecule has 0 aliphatic rings. The van der Waals surface area contributed by atoms with Crippen LogP contribution in [0.25, 0.3) is 0 Å². The quantitative estimate of drug-likeness (QED) is 0.521. The molecule has 0 aromatic carbocycles. The molecule has 0 saturated carbocycles. The summed E-state index contributed by atoms with van der Waals surface area (Å²) in [6.07, 6.45) is 0.775. The molecule has 2 radical (unpaired) electrons. The number of carboxylic acids is 1. The largest absolute Gasteiger partial charge is 0.481 e. The van der Waals surface area contributed by atoms with E-state index in [4.69, 9.17) is 10.8 Å². The van der Waals surface area contributed by atoms with Crippen LogP contribution in [-0.2, 0) is 4.79 Å². The van der Waals surface area contributed by atoms with E-state index in [0.29, 0.717) is 26.1 Å². The van der Waals surface area contributed by atoms with Gasteiger partial charge in [-0.25, -0.2) is 5.32 Å². The fourth-order valence-corrected chi connectivity index (χ4v) is 0.533. The first-order valence-corrected chi connectivity index (χ1v) is 3.27. The van der Waals surface area contributed by atoms with Gasteiger partial charge in [-0.2, -0.15) is 0 Å². The Morgan fingerprint density at radius 3 is 2.70 bits per heavy atom. The van der Waals surface area contributed by atoms with Gasteiger partial charge < -0.3 is 5.11 Å². The van der Waals surface area contributed by atoms with E-state index in [-0.39, 0.29) is 6.42 Å². The van der Waals surface area contributed by atoms with E-state index in [1.165, 1.54) is 0 Å². The van der Waals surface area contributed by atoms with Crippen molar-refractivity contribution in [2.24, 2.45) is 0 Å². The average molecular weight is 144 g/mol. The third-order valence-electron chi connectivity index (χ3n) is 0.977. The zero-order valence-electron chi connectivity index (χ0n) is 5.84. The number of nitrogens with one attached hydrogen (secondary N) is 1. The minimum absolute atomic E-state index is 0.182. The average Bonchev–Trinajstić information content (AvgIpc) is 1.87. The highest BCUT2D eigenvalue weighted by atomic mass is 16.4. The molecule has 0 fully saturated rings. The Balaban J connectivity index is 2.84.